The number of ether oxygens (including phenoxy) is 1. The van der Waals surface area contributed by atoms with Crippen molar-refractivity contribution < 1.29 is 27.5 Å². The number of nitrogens with zero attached hydrogens (tertiary/aromatic N) is 1. The Morgan fingerprint density at radius 2 is 1.70 bits per heavy atom. The first-order valence-corrected chi connectivity index (χ1v) is 6.36. The summed E-state index contributed by atoms with van der Waals surface area (Å²) >= 11 is 0. The molecule has 0 bridgehead atoms. The highest BCUT2D eigenvalue weighted by Crippen LogP contribution is 2.34. The molecule has 0 radical (unpaired) electrons. The number of hydrogen-bond acceptors (Lipinski definition) is 4. The number of pyridine rings is 1. The van der Waals surface area contributed by atoms with Crippen LogP contribution in [0.1, 0.15) is 26.5 Å². The van der Waals surface area contributed by atoms with E-state index in [1.54, 1.807) is 0 Å². The van der Waals surface area contributed by atoms with E-state index in [2.05, 4.69) is 15.0 Å². The topological polar surface area (TPSA) is 68.3 Å². The molecule has 0 aliphatic rings. The van der Waals surface area contributed by atoms with Crippen molar-refractivity contribution in [3.63, 3.8) is 0 Å². The molecular formula is C15H11F3N2O3. The number of anilines is 1. The van der Waals surface area contributed by atoms with Crippen LogP contribution in [0.4, 0.5) is 18.9 Å². The quantitative estimate of drug-likeness (QED) is 0.881. The van der Waals surface area contributed by atoms with Crippen molar-refractivity contribution in [3.8, 4) is 0 Å². The van der Waals surface area contributed by atoms with Gasteiger partial charge in [-0.05, 0) is 24.3 Å². The zero-order chi connectivity index (χ0) is 17.0. The standard InChI is InChI=1S/C15H11F3N2O3/c1-23-14(22)12-8-4-7-11(19-12)13(21)20-10-6-3-2-5-9(10)15(16,17)18/h2-8H,1H3,(H,20,21). The van der Waals surface area contributed by atoms with Crippen LogP contribution in [0.5, 0.6) is 0 Å². The van der Waals surface area contributed by atoms with Gasteiger partial charge in [0, 0.05) is 0 Å². The molecule has 0 fully saturated rings. The minimum Gasteiger partial charge on any atom is -0.464 e. The first-order valence-electron chi connectivity index (χ1n) is 6.36. The van der Waals surface area contributed by atoms with Gasteiger partial charge < -0.3 is 10.1 Å². The lowest BCUT2D eigenvalue weighted by Crippen LogP contribution is -2.18. The highest BCUT2D eigenvalue weighted by atomic mass is 19.4. The monoisotopic (exact) mass is 324 g/mol. The Hall–Kier alpha value is -2.90. The molecule has 0 saturated heterocycles. The molecule has 0 atom stereocenters. The summed E-state index contributed by atoms with van der Waals surface area (Å²) in [6.07, 6.45) is -4.61. The number of esters is 1. The summed E-state index contributed by atoms with van der Waals surface area (Å²) in [5.74, 6) is -1.62. The van der Waals surface area contributed by atoms with Crippen molar-refractivity contribution in [2.45, 2.75) is 6.18 Å². The van der Waals surface area contributed by atoms with Gasteiger partial charge in [0.1, 0.15) is 11.4 Å². The third-order valence-electron chi connectivity index (χ3n) is 2.86. The van der Waals surface area contributed by atoms with Crippen LogP contribution in [0.15, 0.2) is 42.5 Å². The van der Waals surface area contributed by atoms with Crippen LogP contribution in [-0.2, 0) is 10.9 Å². The molecule has 0 aliphatic heterocycles. The second-order valence-electron chi connectivity index (χ2n) is 4.40. The lowest BCUT2D eigenvalue weighted by Gasteiger charge is -2.13. The summed E-state index contributed by atoms with van der Waals surface area (Å²) in [6.45, 7) is 0. The second kappa shape index (κ2) is 6.47. The molecule has 1 N–H and O–H groups in total. The molecule has 2 rings (SSSR count). The Balaban J connectivity index is 2.29. The van der Waals surface area contributed by atoms with E-state index in [-0.39, 0.29) is 11.4 Å². The van der Waals surface area contributed by atoms with Crippen LogP contribution in [0, 0.1) is 0 Å². The molecule has 1 aromatic heterocycles. The third-order valence-corrected chi connectivity index (χ3v) is 2.86. The van der Waals surface area contributed by atoms with Crippen LogP contribution in [0.2, 0.25) is 0 Å². The van der Waals surface area contributed by atoms with Crippen molar-refractivity contribution in [1.29, 1.82) is 0 Å². The number of rotatable bonds is 3. The Bertz CT molecular complexity index is 745. The average molecular weight is 324 g/mol. The fourth-order valence-electron chi connectivity index (χ4n) is 1.81. The number of hydrogen-bond donors (Lipinski definition) is 1. The van der Waals surface area contributed by atoms with E-state index in [0.29, 0.717) is 0 Å². The minimum atomic E-state index is -4.61. The number of halogens is 3. The van der Waals surface area contributed by atoms with Gasteiger partial charge in [-0.15, -0.1) is 0 Å². The smallest absolute Gasteiger partial charge is 0.418 e. The van der Waals surface area contributed by atoms with E-state index >= 15 is 0 Å². The Kier molecular flexibility index (Phi) is 4.63. The first kappa shape index (κ1) is 16.5. The molecule has 0 aliphatic carbocycles. The summed E-state index contributed by atoms with van der Waals surface area (Å²) in [6, 6.07) is 8.55. The van der Waals surface area contributed by atoms with Crippen LogP contribution in [0.3, 0.4) is 0 Å². The van der Waals surface area contributed by atoms with E-state index in [0.717, 1.165) is 19.2 Å². The molecule has 1 amide bonds. The first-order chi connectivity index (χ1) is 10.8. The maximum atomic E-state index is 12.9. The summed E-state index contributed by atoms with van der Waals surface area (Å²) in [5, 5.41) is 2.14. The fraction of sp³-hybridized carbons (Fsp3) is 0.133. The average Bonchev–Trinajstić information content (AvgIpc) is 2.53. The molecule has 2 aromatic rings. The summed E-state index contributed by atoms with van der Waals surface area (Å²) < 4.78 is 43.1. The van der Waals surface area contributed by atoms with Gasteiger partial charge in [-0.2, -0.15) is 13.2 Å². The maximum absolute atomic E-state index is 12.9. The van der Waals surface area contributed by atoms with Crippen molar-refractivity contribution in [1.82, 2.24) is 4.98 Å². The van der Waals surface area contributed by atoms with Crippen molar-refractivity contribution in [3.05, 3.63) is 59.4 Å². The predicted molar refractivity (Wildman–Crippen MR) is 75.0 cm³/mol. The molecule has 1 heterocycles. The van der Waals surface area contributed by atoms with Crippen LogP contribution in [0.25, 0.3) is 0 Å². The zero-order valence-electron chi connectivity index (χ0n) is 11.8. The van der Waals surface area contributed by atoms with Gasteiger partial charge in [0.05, 0.1) is 18.4 Å². The number of nitrogens with one attached hydrogen (secondary N) is 1. The van der Waals surface area contributed by atoms with Gasteiger partial charge in [0.2, 0.25) is 0 Å². The number of alkyl halides is 3. The van der Waals surface area contributed by atoms with Crippen LogP contribution >= 0.6 is 0 Å². The van der Waals surface area contributed by atoms with Gasteiger partial charge in [0.15, 0.2) is 0 Å². The largest absolute Gasteiger partial charge is 0.464 e. The number of carbonyl (C=O) groups is 2. The number of amides is 1. The number of para-hydroxylation sites is 1. The number of carbonyl (C=O) groups excluding carboxylic acids is 2. The Labute approximate surface area is 129 Å². The molecule has 8 heteroatoms. The van der Waals surface area contributed by atoms with E-state index in [1.165, 1.54) is 30.3 Å². The van der Waals surface area contributed by atoms with Gasteiger partial charge in [0.25, 0.3) is 5.91 Å². The Morgan fingerprint density at radius 3 is 2.35 bits per heavy atom. The molecule has 1 aromatic carbocycles. The van der Waals surface area contributed by atoms with Gasteiger partial charge in [-0.25, -0.2) is 9.78 Å². The number of aromatic nitrogens is 1. The Morgan fingerprint density at radius 1 is 1.04 bits per heavy atom. The van der Waals surface area contributed by atoms with Crippen molar-refractivity contribution in [2.24, 2.45) is 0 Å². The lowest BCUT2D eigenvalue weighted by molar-refractivity contribution is -0.136. The third kappa shape index (κ3) is 3.85. The summed E-state index contributed by atoms with van der Waals surface area (Å²) in [5.41, 5.74) is -1.69. The van der Waals surface area contributed by atoms with Crippen molar-refractivity contribution >= 4 is 17.6 Å². The van der Waals surface area contributed by atoms with E-state index in [9.17, 15) is 22.8 Å². The van der Waals surface area contributed by atoms with E-state index in [1.807, 2.05) is 0 Å². The normalized spacial score (nSPS) is 11.0. The summed E-state index contributed by atoms with van der Waals surface area (Å²) in [4.78, 5) is 27.2. The van der Waals surface area contributed by atoms with E-state index in [4.69, 9.17) is 0 Å². The van der Waals surface area contributed by atoms with Gasteiger partial charge >= 0.3 is 12.1 Å². The highest BCUT2D eigenvalue weighted by Gasteiger charge is 2.33. The van der Waals surface area contributed by atoms with Gasteiger partial charge in [-0.1, -0.05) is 18.2 Å². The number of methoxy groups -OCH3 is 1. The van der Waals surface area contributed by atoms with Crippen molar-refractivity contribution in [2.75, 3.05) is 12.4 Å². The lowest BCUT2D eigenvalue weighted by atomic mass is 10.1. The molecule has 120 valence electrons. The minimum absolute atomic E-state index is 0.121. The molecule has 0 unspecified atom stereocenters. The van der Waals surface area contributed by atoms with Crippen LogP contribution < -0.4 is 5.32 Å². The molecular weight excluding hydrogens is 313 g/mol. The zero-order valence-corrected chi connectivity index (χ0v) is 11.8. The second-order valence-corrected chi connectivity index (χ2v) is 4.40. The van der Waals surface area contributed by atoms with Crippen LogP contribution in [-0.4, -0.2) is 24.0 Å². The fourth-order valence-corrected chi connectivity index (χ4v) is 1.81. The molecule has 0 spiro atoms. The predicted octanol–water partition coefficient (Wildman–Crippen LogP) is 3.14. The summed E-state index contributed by atoms with van der Waals surface area (Å²) in [7, 11) is 1.15. The maximum Gasteiger partial charge on any atom is 0.418 e. The SMILES string of the molecule is COC(=O)c1cccc(C(=O)Nc2ccccc2C(F)(F)F)n1. The highest BCUT2D eigenvalue weighted by molar-refractivity contribution is 6.04. The molecule has 23 heavy (non-hydrogen) atoms. The molecule has 5 nitrogen and oxygen atoms in total. The van der Waals surface area contributed by atoms with E-state index < -0.39 is 29.3 Å². The van der Waals surface area contributed by atoms with Gasteiger partial charge in [-0.3, -0.25) is 4.79 Å². The number of benzene rings is 1. The molecule has 0 saturated carbocycles.